The zero-order chi connectivity index (χ0) is 41.4. The van der Waals surface area contributed by atoms with Gasteiger partial charge in [0.25, 0.3) is 0 Å². The average molecular weight is 821 g/mol. The molecule has 1 saturated heterocycles. The Bertz CT molecular complexity index is 1930. The summed E-state index contributed by atoms with van der Waals surface area (Å²) in [6.45, 7) is 6.00. The van der Waals surface area contributed by atoms with E-state index in [1.54, 1.807) is 32.2 Å². The number of alkyl carbamates (subject to hydrolysis) is 1. The molecule has 2 unspecified atom stereocenters. The standard InChI is InChI=1S/C41H56N8O8S/c1-26(2)36(42-3)40(51)49-16-7-8-33(49)39-44-23-32(48-39)30-14-13-29(37(56-19-17-53-4)38(30)57-20-18-54-5)27-9-11-28(12-10-27)31-22-43-34(47-31)15-21-58-25-46-35(50)24-45-41(52)55-6/h9-14,22-23,26,33,36,42H,7-8,15-21,24-25H2,1-6H3,(H,43,47)(H,44,48)(H,45,52)(H,46,50). The van der Waals surface area contributed by atoms with E-state index < -0.39 is 6.09 Å². The topological polar surface area (TPSA) is 194 Å². The summed E-state index contributed by atoms with van der Waals surface area (Å²) in [5.74, 6) is 3.78. The van der Waals surface area contributed by atoms with Crippen molar-refractivity contribution >= 4 is 29.7 Å². The number of imidazole rings is 2. The van der Waals surface area contributed by atoms with Gasteiger partial charge in [-0.25, -0.2) is 14.8 Å². The second-order valence-corrected chi connectivity index (χ2v) is 15.1. The summed E-state index contributed by atoms with van der Waals surface area (Å²) in [4.78, 5) is 54.8. The molecule has 2 aromatic heterocycles. The van der Waals surface area contributed by atoms with E-state index >= 15 is 0 Å². The molecular weight excluding hydrogens is 765 g/mol. The van der Waals surface area contributed by atoms with Crippen LogP contribution < -0.4 is 25.4 Å². The molecule has 3 heterocycles. The molecule has 1 aliphatic heterocycles. The quantitative estimate of drug-likeness (QED) is 0.0538. The number of carbonyl (C=O) groups excluding carboxylic acids is 3. The van der Waals surface area contributed by atoms with E-state index in [1.165, 1.54) is 7.11 Å². The molecular formula is C41H56N8O8S. The highest BCUT2D eigenvalue weighted by molar-refractivity contribution is 7.99. The number of amides is 3. The van der Waals surface area contributed by atoms with Gasteiger partial charge in [0.15, 0.2) is 11.5 Å². The SMILES string of the molecule is CNC(C(=O)N1CCCC1c1ncc(-c2ccc(-c3ccc(-c4cnc(CCSCNC(=O)CNC(=O)OC)[nH]4)cc3)c(OCCOC)c2OCCOC)[nH]1)C(C)C. The van der Waals surface area contributed by atoms with Crippen molar-refractivity contribution in [1.82, 2.24) is 40.8 Å². The first-order valence-electron chi connectivity index (χ1n) is 19.4. The number of nitrogens with one attached hydrogen (secondary N) is 5. The van der Waals surface area contributed by atoms with Gasteiger partial charge >= 0.3 is 6.09 Å². The number of methoxy groups -OCH3 is 3. The maximum atomic E-state index is 13.6. The highest BCUT2D eigenvalue weighted by atomic mass is 32.2. The monoisotopic (exact) mass is 820 g/mol. The fraction of sp³-hybridized carbons (Fsp3) is 0.488. The van der Waals surface area contributed by atoms with Gasteiger partial charge in [0.2, 0.25) is 11.8 Å². The Morgan fingerprint density at radius 3 is 2.21 bits per heavy atom. The number of rotatable bonds is 22. The van der Waals surface area contributed by atoms with Crippen molar-refractivity contribution < 1.29 is 38.1 Å². The highest BCUT2D eigenvalue weighted by Gasteiger charge is 2.36. The van der Waals surface area contributed by atoms with Crippen LogP contribution in [0.25, 0.3) is 33.6 Å². The number of carbonyl (C=O) groups is 3. The van der Waals surface area contributed by atoms with Gasteiger partial charge in [-0.15, -0.1) is 11.8 Å². The Morgan fingerprint density at radius 1 is 0.862 bits per heavy atom. The Morgan fingerprint density at radius 2 is 1.53 bits per heavy atom. The molecule has 0 spiro atoms. The number of likely N-dealkylation sites (tertiary alicyclic amines) is 1. The van der Waals surface area contributed by atoms with Crippen molar-refractivity contribution in [2.24, 2.45) is 5.92 Å². The molecule has 0 aliphatic carbocycles. The molecule has 2 aromatic carbocycles. The number of hydrogen-bond acceptors (Lipinski definition) is 12. The Balaban J connectivity index is 1.34. The molecule has 0 saturated carbocycles. The van der Waals surface area contributed by atoms with Crippen molar-refractivity contribution in [2.45, 2.75) is 45.2 Å². The van der Waals surface area contributed by atoms with Gasteiger partial charge in [-0.1, -0.05) is 38.1 Å². The zero-order valence-corrected chi connectivity index (χ0v) is 35.0. The van der Waals surface area contributed by atoms with Crippen LogP contribution in [0, 0.1) is 5.92 Å². The van der Waals surface area contributed by atoms with E-state index in [2.05, 4.69) is 35.6 Å². The number of aromatic amines is 2. The Hall–Kier alpha value is -5.10. The summed E-state index contributed by atoms with van der Waals surface area (Å²) in [6.07, 6.45) is 5.37. The van der Waals surface area contributed by atoms with Crippen molar-refractivity contribution in [3.63, 3.8) is 0 Å². The lowest BCUT2D eigenvalue weighted by Gasteiger charge is -2.29. The van der Waals surface area contributed by atoms with Crippen LogP contribution >= 0.6 is 11.8 Å². The minimum Gasteiger partial charge on any atom is -0.487 e. The van der Waals surface area contributed by atoms with Crippen molar-refractivity contribution in [2.75, 3.05) is 79.5 Å². The molecule has 58 heavy (non-hydrogen) atoms. The largest absolute Gasteiger partial charge is 0.487 e. The summed E-state index contributed by atoms with van der Waals surface area (Å²) in [6, 6.07) is 11.7. The third kappa shape index (κ3) is 11.5. The fourth-order valence-corrected chi connectivity index (χ4v) is 7.49. The molecule has 5 N–H and O–H groups in total. The van der Waals surface area contributed by atoms with E-state index in [0.29, 0.717) is 56.8 Å². The minimum atomic E-state index is -0.651. The smallest absolute Gasteiger partial charge is 0.407 e. The highest BCUT2D eigenvalue weighted by Crippen LogP contribution is 2.45. The number of H-pyrrole nitrogens is 2. The van der Waals surface area contributed by atoms with Gasteiger partial charge in [0.05, 0.1) is 62.1 Å². The molecule has 5 rings (SSSR count). The summed E-state index contributed by atoms with van der Waals surface area (Å²) >= 11 is 1.55. The summed E-state index contributed by atoms with van der Waals surface area (Å²) in [5, 5.41) is 8.29. The van der Waals surface area contributed by atoms with Crippen molar-refractivity contribution in [3.8, 4) is 45.1 Å². The van der Waals surface area contributed by atoms with Gasteiger partial charge in [-0.3, -0.25) is 9.59 Å². The molecule has 1 aliphatic rings. The minimum absolute atomic E-state index is 0.0847. The van der Waals surface area contributed by atoms with Crippen molar-refractivity contribution in [1.29, 1.82) is 0 Å². The van der Waals surface area contributed by atoms with Gasteiger partial charge < -0.3 is 54.5 Å². The van der Waals surface area contributed by atoms with Crippen LogP contribution in [0.3, 0.4) is 0 Å². The summed E-state index contributed by atoms with van der Waals surface area (Å²) in [5.41, 5.74) is 5.14. The lowest BCUT2D eigenvalue weighted by atomic mass is 9.98. The Labute approximate surface area is 343 Å². The lowest BCUT2D eigenvalue weighted by molar-refractivity contribution is -0.135. The van der Waals surface area contributed by atoms with Gasteiger partial charge in [-0.2, -0.15) is 0 Å². The third-order valence-electron chi connectivity index (χ3n) is 9.73. The second kappa shape index (κ2) is 22.2. The number of likely N-dealkylation sites (N-methyl/N-ethyl adjacent to an activating group) is 1. The van der Waals surface area contributed by atoms with Crippen LogP contribution in [0.4, 0.5) is 4.79 Å². The van der Waals surface area contributed by atoms with Gasteiger partial charge in [0, 0.05) is 44.1 Å². The molecule has 4 aromatic rings. The number of aromatic nitrogens is 4. The van der Waals surface area contributed by atoms with Gasteiger partial charge in [0.1, 0.15) is 31.4 Å². The third-order valence-corrected chi connectivity index (χ3v) is 10.6. The number of ether oxygens (including phenoxy) is 5. The molecule has 2 atom stereocenters. The van der Waals surface area contributed by atoms with Crippen LogP contribution in [0.2, 0.25) is 0 Å². The van der Waals surface area contributed by atoms with Crippen LogP contribution in [-0.4, -0.2) is 128 Å². The van der Waals surface area contributed by atoms with E-state index in [9.17, 15) is 14.4 Å². The van der Waals surface area contributed by atoms with Crippen LogP contribution in [0.5, 0.6) is 11.5 Å². The van der Waals surface area contributed by atoms with E-state index in [4.69, 9.17) is 23.9 Å². The maximum absolute atomic E-state index is 13.6. The van der Waals surface area contributed by atoms with Gasteiger partial charge in [-0.05, 0) is 49.1 Å². The predicted octanol–water partition coefficient (Wildman–Crippen LogP) is 4.80. The first-order chi connectivity index (χ1) is 28.2. The molecule has 314 valence electrons. The molecule has 17 heteroatoms. The zero-order valence-electron chi connectivity index (χ0n) is 34.1. The normalized spacial score (nSPS) is 14.4. The van der Waals surface area contributed by atoms with Crippen molar-refractivity contribution in [3.05, 3.63) is 60.4 Å². The van der Waals surface area contributed by atoms with E-state index in [1.807, 2.05) is 68.4 Å². The first kappa shape index (κ1) is 44.0. The second-order valence-electron chi connectivity index (χ2n) is 14.0. The van der Waals surface area contributed by atoms with E-state index in [0.717, 1.165) is 63.9 Å². The summed E-state index contributed by atoms with van der Waals surface area (Å²) < 4.78 is 28.0. The summed E-state index contributed by atoms with van der Waals surface area (Å²) in [7, 11) is 6.34. The fourth-order valence-electron chi connectivity index (χ4n) is 6.75. The molecule has 0 bridgehead atoms. The lowest BCUT2D eigenvalue weighted by Crippen LogP contribution is -2.47. The Kier molecular flexibility index (Phi) is 16.8. The number of hydrogen-bond donors (Lipinski definition) is 5. The predicted molar refractivity (Wildman–Crippen MR) is 223 cm³/mol. The average Bonchev–Trinajstić information content (AvgIpc) is 4.02. The molecule has 16 nitrogen and oxygen atoms in total. The number of thioether (sulfide) groups is 1. The molecule has 3 amide bonds. The molecule has 0 radical (unpaired) electrons. The van der Waals surface area contributed by atoms with Crippen LogP contribution in [0.1, 0.15) is 44.4 Å². The number of aryl methyl sites for hydroxylation is 1. The maximum Gasteiger partial charge on any atom is 0.407 e. The van der Waals surface area contributed by atoms with Crippen LogP contribution in [-0.2, 0) is 30.2 Å². The molecule has 1 fully saturated rings. The van der Waals surface area contributed by atoms with Crippen LogP contribution in [0.15, 0.2) is 48.8 Å². The van der Waals surface area contributed by atoms with E-state index in [-0.39, 0.29) is 36.4 Å². The number of benzene rings is 2. The first-order valence-corrected chi connectivity index (χ1v) is 20.6. The number of nitrogens with zero attached hydrogens (tertiary/aromatic N) is 3.